The summed E-state index contributed by atoms with van der Waals surface area (Å²) in [7, 11) is 0. The number of nitrogens with zero attached hydrogens (tertiary/aromatic N) is 3. The first-order valence-electron chi connectivity index (χ1n) is 9.89. The highest BCUT2D eigenvalue weighted by atomic mass is 16.2. The zero-order valence-electron chi connectivity index (χ0n) is 16.7. The standard InChI is InChI=1S/C23H24N4O2/c1-15-10-11-27(14-18-13-24-16(2)12-25-18)23(29)21(15)22(28)26-20-9-5-7-17-6-3-4-8-19(17)20/h3-4,6,8,10-13,20H,5,7,9,14H2,1-2H3,(H,26,28). The highest BCUT2D eigenvalue weighted by Gasteiger charge is 2.24. The number of aromatic nitrogens is 3. The van der Waals surface area contributed by atoms with Crippen LogP contribution in [0.5, 0.6) is 0 Å². The third kappa shape index (κ3) is 3.97. The number of pyridine rings is 1. The predicted octanol–water partition coefficient (Wildman–Crippen LogP) is 3.11. The molecule has 6 heteroatoms. The van der Waals surface area contributed by atoms with Gasteiger partial charge in [0.25, 0.3) is 11.5 Å². The van der Waals surface area contributed by atoms with Crippen molar-refractivity contribution in [2.24, 2.45) is 0 Å². The van der Waals surface area contributed by atoms with Gasteiger partial charge in [0.2, 0.25) is 0 Å². The summed E-state index contributed by atoms with van der Waals surface area (Å²) in [6.45, 7) is 3.93. The minimum absolute atomic E-state index is 0.0668. The molecule has 0 saturated heterocycles. The number of carbonyl (C=O) groups is 1. The second-order valence-corrected chi connectivity index (χ2v) is 7.57. The highest BCUT2D eigenvalue weighted by Crippen LogP contribution is 2.29. The number of nitrogens with one attached hydrogen (secondary N) is 1. The number of fused-ring (bicyclic) bond motifs is 1. The predicted molar refractivity (Wildman–Crippen MR) is 111 cm³/mol. The molecule has 1 amide bonds. The van der Waals surface area contributed by atoms with Crippen LogP contribution in [-0.4, -0.2) is 20.4 Å². The highest BCUT2D eigenvalue weighted by molar-refractivity contribution is 5.95. The van der Waals surface area contributed by atoms with Gasteiger partial charge in [0.05, 0.1) is 30.2 Å². The summed E-state index contributed by atoms with van der Waals surface area (Å²) in [5.41, 5.74) is 4.46. The van der Waals surface area contributed by atoms with E-state index in [1.54, 1.807) is 31.6 Å². The van der Waals surface area contributed by atoms with Crippen molar-refractivity contribution in [2.75, 3.05) is 0 Å². The van der Waals surface area contributed by atoms with Crippen LogP contribution in [0.4, 0.5) is 0 Å². The number of amides is 1. The molecule has 2 heterocycles. The Morgan fingerprint density at radius 2 is 2.00 bits per heavy atom. The van der Waals surface area contributed by atoms with Crippen molar-refractivity contribution in [1.82, 2.24) is 19.9 Å². The van der Waals surface area contributed by atoms with E-state index >= 15 is 0 Å². The first-order chi connectivity index (χ1) is 14.0. The van der Waals surface area contributed by atoms with E-state index in [0.29, 0.717) is 11.3 Å². The summed E-state index contributed by atoms with van der Waals surface area (Å²) in [4.78, 5) is 34.6. The zero-order chi connectivity index (χ0) is 20.4. The summed E-state index contributed by atoms with van der Waals surface area (Å²) in [5, 5.41) is 3.09. The Balaban J connectivity index is 1.60. The van der Waals surface area contributed by atoms with Crippen LogP contribution >= 0.6 is 0 Å². The Labute approximate surface area is 169 Å². The van der Waals surface area contributed by atoms with E-state index in [1.165, 1.54) is 10.1 Å². The van der Waals surface area contributed by atoms with Gasteiger partial charge < -0.3 is 9.88 Å². The van der Waals surface area contributed by atoms with E-state index in [-0.39, 0.29) is 29.6 Å². The molecule has 0 saturated carbocycles. The normalized spacial score (nSPS) is 15.6. The molecule has 1 aromatic carbocycles. The summed E-state index contributed by atoms with van der Waals surface area (Å²) in [6, 6.07) is 9.92. The zero-order valence-corrected chi connectivity index (χ0v) is 16.7. The Hall–Kier alpha value is -3.28. The molecule has 6 nitrogen and oxygen atoms in total. The van der Waals surface area contributed by atoms with E-state index in [0.717, 1.165) is 30.5 Å². The van der Waals surface area contributed by atoms with Gasteiger partial charge in [0.15, 0.2) is 0 Å². The van der Waals surface area contributed by atoms with Gasteiger partial charge in [0, 0.05) is 12.4 Å². The van der Waals surface area contributed by atoms with Crippen molar-refractivity contribution in [1.29, 1.82) is 0 Å². The number of aryl methyl sites for hydroxylation is 3. The van der Waals surface area contributed by atoms with Gasteiger partial charge in [0.1, 0.15) is 5.56 Å². The third-order valence-electron chi connectivity index (χ3n) is 5.44. The van der Waals surface area contributed by atoms with E-state index < -0.39 is 0 Å². The summed E-state index contributed by atoms with van der Waals surface area (Å²) in [5.74, 6) is -0.321. The molecular formula is C23H24N4O2. The smallest absolute Gasteiger partial charge is 0.264 e. The van der Waals surface area contributed by atoms with Crippen molar-refractivity contribution in [3.05, 3.63) is 92.9 Å². The largest absolute Gasteiger partial charge is 0.345 e. The van der Waals surface area contributed by atoms with Crippen molar-refractivity contribution in [2.45, 2.75) is 45.7 Å². The molecule has 4 rings (SSSR count). The summed E-state index contributed by atoms with van der Waals surface area (Å²) < 4.78 is 1.51. The average molecular weight is 388 g/mol. The van der Waals surface area contributed by atoms with Crippen LogP contribution in [0, 0.1) is 13.8 Å². The van der Waals surface area contributed by atoms with Crippen LogP contribution in [0.25, 0.3) is 0 Å². The molecule has 0 aliphatic heterocycles. The fourth-order valence-electron chi connectivity index (χ4n) is 3.88. The van der Waals surface area contributed by atoms with Crippen molar-refractivity contribution in [3.8, 4) is 0 Å². The molecule has 3 aromatic rings. The fourth-order valence-corrected chi connectivity index (χ4v) is 3.88. The summed E-state index contributed by atoms with van der Waals surface area (Å²) >= 11 is 0. The van der Waals surface area contributed by atoms with Gasteiger partial charge in [-0.2, -0.15) is 0 Å². The Bertz CT molecular complexity index is 1100. The van der Waals surface area contributed by atoms with Gasteiger partial charge in [-0.15, -0.1) is 0 Å². The number of benzene rings is 1. The molecule has 1 aliphatic rings. The fraction of sp³-hybridized carbons (Fsp3) is 0.304. The van der Waals surface area contributed by atoms with Crippen LogP contribution < -0.4 is 10.9 Å². The second-order valence-electron chi connectivity index (χ2n) is 7.57. The minimum atomic E-state index is -0.321. The van der Waals surface area contributed by atoms with E-state index in [4.69, 9.17) is 0 Å². The number of hydrogen-bond donors (Lipinski definition) is 1. The molecule has 1 atom stereocenters. The maximum Gasteiger partial charge on any atom is 0.264 e. The molecule has 1 unspecified atom stereocenters. The minimum Gasteiger partial charge on any atom is -0.345 e. The average Bonchev–Trinajstić information content (AvgIpc) is 2.72. The summed E-state index contributed by atoms with van der Waals surface area (Å²) in [6.07, 6.45) is 7.94. The maximum atomic E-state index is 13.1. The Morgan fingerprint density at radius 1 is 1.17 bits per heavy atom. The Kier molecular flexibility index (Phi) is 5.25. The van der Waals surface area contributed by atoms with Crippen molar-refractivity contribution in [3.63, 3.8) is 0 Å². The lowest BCUT2D eigenvalue weighted by Crippen LogP contribution is -2.37. The number of carbonyl (C=O) groups excluding carboxylic acids is 1. The van der Waals surface area contributed by atoms with Gasteiger partial charge in [-0.3, -0.25) is 19.6 Å². The first kappa shape index (κ1) is 19.1. The second kappa shape index (κ2) is 7.99. The Morgan fingerprint density at radius 3 is 2.79 bits per heavy atom. The lowest BCUT2D eigenvalue weighted by Gasteiger charge is -2.26. The third-order valence-corrected chi connectivity index (χ3v) is 5.44. The molecule has 0 spiro atoms. The first-order valence-corrected chi connectivity index (χ1v) is 9.89. The molecule has 2 aromatic heterocycles. The molecule has 1 aliphatic carbocycles. The molecular weight excluding hydrogens is 364 g/mol. The van der Waals surface area contributed by atoms with Gasteiger partial charge in [-0.05, 0) is 55.9 Å². The van der Waals surface area contributed by atoms with Gasteiger partial charge in [-0.25, -0.2) is 0 Å². The van der Waals surface area contributed by atoms with Gasteiger partial charge in [-0.1, -0.05) is 24.3 Å². The van der Waals surface area contributed by atoms with Crippen LogP contribution in [-0.2, 0) is 13.0 Å². The SMILES string of the molecule is Cc1cnc(Cn2ccc(C)c(C(=O)NC3CCCc4ccccc43)c2=O)cn1. The number of hydrogen-bond acceptors (Lipinski definition) is 4. The lowest BCUT2D eigenvalue weighted by atomic mass is 9.87. The molecule has 0 bridgehead atoms. The molecule has 1 N–H and O–H groups in total. The molecule has 0 fully saturated rings. The number of rotatable bonds is 4. The van der Waals surface area contributed by atoms with E-state index in [9.17, 15) is 9.59 Å². The molecule has 0 radical (unpaired) electrons. The van der Waals surface area contributed by atoms with E-state index in [2.05, 4.69) is 27.4 Å². The maximum absolute atomic E-state index is 13.1. The molecule has 148 valence electrons. The quantitative estimate of drug-likeness (QED) is 0.745. The van der Waals surface area contributed by atoms with Gasteiger partial charge >= 0.3 is 0 Å². The van der Waals surface area contributed by atoms with Crippen LogP contribution in [0.15, 0.2) is 53.7 Å². The van der Waals surface area contributed by atoms with E-state index in [1.807, 2.05) is 19.1 Å². The monoisotopic (exact) mass is 388 g/mol. The van der Waals surface area contributed by atoms with Crippen LogP contribution in [0.2, 0.25) is 0 Å². The van der Waals surface area contributed by atoms with Crippen molar-refractivity contribution >= 4 is 5.91 Å². The van der Waals surface area contributed by atoms with Crippen LogP contribution in [0.1, 0.15) is 57.3 Å². The van der Waals surface area contributed by atoms with Crippen molar-refractivity contribution < 1.29 is 4.79 Å². The lowest BCUT2D eigenvalue weighted by molar-refractivity contribution is 0.0930. The molecule has 29 heavy (non-hydrogen) atoms. The topological polar surface area (TPSA) is 76.9 Å². The van der Waals surface area contributed by atoms with Crippen LogP contribution in [0.3, 0.4) is 0 Å².